The summed E-state index contributed by atoms with van der Waals surface area (Å²) in [4.78, 5) is 4.17. The van der Waals surface area contributed by atoms with Crippen molar-refractivity contribution in [2.75, 3.05) is 0 Å². The molecule has 0 amide bonds. The second-order valence-corrected chi connectivity index (χ2v) is 2.80. The Labute approximate surface area is 93.5 Å². The Kier molecular flexibility index (Phi) is 5.11. The van der Waals surface area contributed by atoms with Crippen LogP contribution in [0.5, 0.6) is 0 Å². The molecular weight excluding hydrogens is 211 g/mol. The van der Waals surface area contributed by atoms with Crippen molar-refractivity contribution in [3.63, 3.8) is 0 Å². The molecule has 1 heterocycles. The molecule has 0 N–H and O–H groups in total. The molecule has 0 aliphatic rings. The van der Waals surface area contributed by atoms with Crippen LogP contribution in [0.1, 0.15) is 31.0 Å². The van der Waals surface area contributed by atoms with Gasteiger partial charge in [0.15, 0.2) is 0 Å². The van der Waals surface area contributed by atoms with Crippen LogP contribution in [-0.4, -0.2) is 4.98 Å². The monoisotopic (exact) mass is 223 g/mol. The molecule has 0 aliphatic heterocycles. The standard InChI is InChI=1S/C9H12N.Y/c1-7(2)9-5-4-8(3)10-6-9;/h4,6-7H,1-3H3;/q-1;. The van der Waals surface area contributed by atoms with Crippen LogP contribution >= 0.6 is 0 Å². The smallest absolute Gasteiger partial charge is 0 e. The zero-order chi connectivity index (χ0) is 7.56. The van der Waals surface area contributed by atoms with E-state index in [-0.39, 0.29) is 32.7 Å². The first kappa shape index (κ1) is 11.3. The third kappa shape index (κ3) is 3.44. The fourth-order valence-electron chi connectivity index (χ4n) is 0.749. The Bertz CT molecular complexity index is 203. The minimum atomic E-state index is 0. The van der Waals surface area contributed by atoms with Crippen molar-refractivity contribution in [1.82, 2.24) is 4.98 Å². The third-order valence-corrected chi connectivity index (χ3v) is 1.48. The maximum atomic E-state index is 4.17. The Hall–Kier alpha value is 0.254. The van der Waals surface area contributed by atoms with Gasteiger partial charge in [-0.2, -0.15) is 12.1 Å². The molecule has 57 valence electrons. The van der Waals surface area contributed by atoms with Crippen LogP contribution in [0.15, 0.2) is 12.3 Å². The average Bonchev–Trinajstić information content (AvgIpc) is 1.88. The molecule has 0 unspecified atom stereocenters. The SMILES string of the molecule is Cc1c[c-]c(C(C)C)cn1.[Y]. The summed E-state index contributed by atoms with van der Waals surface area (Å²) in [6, 6.07) is 5.10. The molecule has 0 aliphatic carbocycles. The van der Waals surface area contributed by atoms with Gasteiger partial charge in [-0.15, -0.1) is 5.56 Å². The van der Waals surface area contributed by atoms with Gasteiger partial charge in [0.1, 0.15) is 0 Å². The zero-order valence-electron chi connectivity index (χ0n) is 7.26. The van der Waals surface area contributed by atoms with Crippen LogP contribution in [0, 0.1) is 13.0 Å². The molecule has 1 nitrogen and oxygen atoms in total. The second kappa shape index (κ2) is 5.00. The van der Waals surface area contributed by atoms with E-state index in [2.05, 4.69) is 24.9 Å². The van der Waals surface area contributed by atoms with E-state index in [0.717, 1.165) is 5.69 Å². The fourth-order valence-corrected chi connectivity index (χ4v) is 0.749. The molecule has 0 saturated carbocycles. The van der Waals surface area contributed by atoms with Gasteiger partial charge in [0.2, 0.25) is 0 Å². The third-order valence-electron chi connectivity index (χ3n) is 1.48. The minimum absolute atomic E-state index is 0. The Morgan fingerprint density at radius 3 is 2.45 bits per heavy atom. The maximum absolute atomic E-state index is 4.17. The summed E-state index contributed by atoms with van der Waals surface area (Å²) in [5.41, 5.74) is 2.22. The molecule has 1 radical (unpaired) electrons. The van der Waals surface area contributed by atoms with Crippen molar-refractivity contribution in [1.29, 1.82) is 0 Å². The predicted octanol–water partition coefficient (Wildman–Crippen LogP) is 2.31. The molecule has 11 heavy (non-hydrogen) atoms. The van der Waals surface area contributed by atoms with Crippen LogP contribution in [0.25, 0.3) is 0 Å². The van der Waals surface area contributed by atoms with Crippen LogP contribution < -0.4 is 0 Å². The topological polar surface area (TPSA) is 12.9 Å². The van der Waals surface area contributed by atoms with E-state index in [1.807, 2.05) is 19.2 Å². The first-order valence-electron chi connectivity index (χ1n) is 3.54. The van der Waals surface area contributed by atoms with Gasteiger partial charge in [0.05, 0.1) is 0 Å². The second-order valence-electron chi connectivity index (χ2n) is 2.80. The van der Waals surface area contributed by atoms with Gasteiger partial charge < -0.3 is 4.98 Å². The molecule has 1 rings (SSSR count). The number of pyridine rings is 1. The van der Waals surface area contributed by atoms with Gasteiger partial charge in [0.25, 0.3) is 0 Å². The number of nitrogens with zero attached hydrogens (tertiary/aromatic N) is 1. The fraction of sp³-hybridized carbons (Fsp3) is 0.444. The molecule has 0 spiro atoms. The van der Waals surface area contributed by atoms with E-state index in [9.17, 15) is 0 Å². The van der Waals surface area contributed by atoms with Crippen molar-refractivity contribution in [2.24, 2.45) is 0 Å². The Morgan fingerprint density at radius 1 is 1.45 bits per heavy atom. The first-order valence-corrected chi connectivity index (χ1v) is 3.54. The van der Waals surface area contributed by atoms with E-state index in [1.165, 1.54) is 5.56 Å². The van der Waals surface area contributed by atoms with Crippen molar-refractivity contribution >= 4 is 0 Å². The van der Waals surface area contributed by atoms with Crippen molar-refractivity contribution < 1.29 is 32.7 Å². The zero-order valence-corrected chi connectivity index (χ0v) is 10.1. The van der Waals surface area contributed by atoms with E-state index >= 15 is 0 Å². The molecule has 1 aromatic heterocycles. The number of hydrogen-bond donors (Lipinski definition) is 0. The van der Waals surface area contributed by atoms with Gasteiger partial charge in [-0.1, -0.05) is 32.7 Å². The number of aromatic nitrogens is 1. The van der Waals surface area contributed by atoms with Crippen molar-refractivity contribution in [2.45, 2.75) is 26.7 Å². The summed E-state index contributed by atoms with van der Waals surface area (Å²) < 4.78 is 0. The van der Waals surface area contributed by atoms with Crippen LogP contribution in [0.3, 0.4) is 0 Å². The van der Waals surface area contributed by atoms with Crippen LogP contribution in [0.2, 0.25) is 0 Å². The van der Waals surface area contributed by atoms with E-state index < -0.39 is 0 Å². The largest absolute Gasteiger partial charge is 0.388 e. The number of hydrogen-bond acceptors (Lipinski definition) is 1. The van der Waals surface area contributed by atoms with E-state index in [0.29, 0.717) is 5.92 Å². The average molecular weight is 223 g/mol. The molecule has 0 bridgehead atoms. The summed E-state index contributed by atoms with van der Waals surface area (Å²) in [5, 5.41) is 0. The molecule has 0 fully saturated rings. The molecule has 0 saturated heterocycles. The van der Waals surface area contributed by atoms with E-state index in [1.54, 1.807) is 0 Å². The van der Waals surface area contributed by atoms with Crippen LogP contribution in [0.4, 0.5) is 0 Å². The van der Waals surface area contributed by atoms with Crippen molar-refractivity contribution in [3.8, 4) is 0 Å². The normalized spacial score (nSPS) is 9.45. The van der Waals surface area contributed by atoms with E-state index in [4.69, 9.17) is 0 Å². The predicted molar refractivity (Wildman–Crippen MR) is 41.9 cm³/mol. The van der Waals surface area contributed by atoms with Gasteiger partial charge >= 0.3 is 0 Å². The molecule has 2 heteroatoms. The molecule has 0 atom stereocenters. The molecule has 0 aromatic carbocycles. The quantitative estimate of drug-likeness (QED) is 0.665. The molecule has 1 aromatic rings. The Morgan fingerprint density at radius 2 is 2.09 bits per heavy atom. The van der Waals surface area contributed by atoms with Crippen LogP contribution in [-0.2, 0) is 32.7 Å². The summed E-state index contributed by atoms with van der Waals surface area (Å²) in [6.07, 6.45) is 1.89. The van der Waals surface area contributed by atoms with Crippen molar-refractivity contribution in [3.05, 3.63) is 29.6 Å². The van der Waals surface area contributed by atoms with Gasteiger partial charge in [-0.05, 0) is 5.92 Å². The number of aryl methyl sites for hydroxylation is 1. The molecular formula is C9H12NY-. The summed E-state index contributed by atoms with van der Waals surface area (Å²) in [5.74, 6) is 0.535. The number of rotatable bonds is 1. The van der Waals surface area contributed by atoms with Gasteiger partial charge in [0, 0.05) is 32.7 Å². The summed E-state index contributed by atoms with van der Waals surface area (Å²) in [7, 11) is 0. The maximum Gasteiger partial charge on any atom is 0 e. The van der Waals surface area contributed by atoms with Gasteiger partial charge in [-0.25, -0.2) is 0 Å². The van der Waals surface area contributed by atoms with Gasteiger partial charge in [-0.3, -0.25) is 0 Å². The summed E-state index contributed by atoms with van der Waals surface area (Å²) in [6.45, 7) is 6.26. The minimum Gasteiger partial charge on any atom is -0.388 e. The first-order chi connectivity index (χ1) is 4.70. The Balaban J connectivity index is 0.000001000. The summed E-state index contributed by atoms with van der Waals surface area (Å²) >= 11 is 0.